The lowest BCUT2D eigenvalue weighted by atomic mass is 10.0. The SMILES string of the molecule is CCC(C#N)N1CCC(CO)C1C. The van der Waals surface area contributed by atoms with E-state index in [2.05, 4.69) is 17.9 Å². The molecular weight excluding hydrogens is 164 g/mol. The monoisotopic (exact) mass is 182 g/mol. The van der Waals surface area contributed by atoms with Gasteiger partial charge in [-0.15, -0.1) is 0 Å². The molecule has 3 unspecified atom stereocenters. The summed E-state index contributed by atoms with van der Waals surface area (Å²) in [4.78, 5) is 2.21. The summed E-state index contributed by atoms with van der Waals surface area (Å²) in [7, 11) is 0. The Morgan fingerprint density at radius 1 is 1.69 bits per heavy atom. The molecule has 0 aromatic heterocycles. The molecule has 0 amide bonds. The Bertz CT molecular complexity index is 200. The molecule has 1 N–H and O–H groups in total. The number of nitrogens with zero attached hydrogens (tertiary/aromatic N) is 2. The second-order valence-corrected chi connectivity index (χ2v) is 3.76. The Kier molecular flexibility index (Phi) is 3.71. The van der Waals surface area contributed by atoms with E-state index in [0.717, 1.165) is 19.4 Å². The fourth-order valence-electron chi connectivity index (χ4n) is 2.11. The number of aliphatic hydroxyl groups is 1. The first-order chi connectivity index (χ1) is 6.24. The molecule has 1 heterocycles. The third kappa shape index (κ3) is 2.01. The summed E-state index contributed by atoms with van der Waals surface area (Å²) in [5.41, 5.74) is 0. The van der Waals surface area contributed by atoms with Crippen LogP contribution < -0.4 is 0 Å². The highest BCUT2D eigenvalue weighted by atomic mass is 16.3. The summed E-state index contributed by atoms with van der Waals surface area (Å²) in [5, 5.41) is 18.0. The molecule has 0 aliphatic carbocycles. The highest BCUT2D eigenvalue weighted by Crippen LogP contribution is 2.26. The van der Waals surface area contributed by atoms with Crippen molar-refractivity contribution in [2.45, 2.75) is 38.8 Å². The molecule has 3 nitrogen and oxygen atoms in total. The molecule has 1 saturated heterocycles. The van der Waals surface area contributed by atoms with E-state index in [-0.39, 0.29) is 12.6 Å². The molecule has 1 rings (SSSR count). The number of hydrogen-bond acceptors (Lipinski definition) is 3. The second kappa shape index (κ2) is 4.59. The van der Waals surface area contributed by atoms with Crippen LogP contribution in [0.2, 0.25) is 0 Å². The number of nitriles is 1. The summed E-state index contributed by atoms with van der Waals surface area (Å²) >= 11 is 0. The summed E-state index contributed by atoms with van der Waals surface area (Å²) < 4.78 is 0. The van der Waals surface area contributed by atoms with Crippen LogP contribution in [0.15, 0.2) is 0 Å². The van der Waals surface area contributed by atoms with E-state index in [1.807, 2.05) is 6.92 Å². The van der Waals surface area contributed by atoms with Gasteiger partial charge in [-0.05, 0) is 25.7 Å². The van der Waals surface area contributed by atoms with Crippen LogP contribution in [0.1, 0.15) is 26.7 Å². The van der Waals surface area contributed by atoms with Crippen molar-refractivity contribution in [3.8, 4) is 6.07 Å². The molecule has 1 fully saturated rings. The molecule has 1 aliphatic rings. The quantitative estimate of drug-likeness (QED) is 0.708. The van der Waals surface area contributed by atoms with E-state index in [4.69, 9.17) is 10.4 Å². The summed E-state index contributed by atoms with van der Waals surface area (Å²) in [6.07, 6.45) is 1.90. The normalized spacial score (nSPS) is 31.5. The van der Waals surface area contributed by atoms with Gasteiger partial charge >= 0.3 is 0 Å². The maximum absolute atomic E-state index is 9.07. The van der Waals surface area contributed by atoms with Crippen LogP contribution in [-0.2, 0) is 0 Å². The first-order valence-electron chi connectivity index (χ1n) is 5.00. The van der Waals surface area contributed by atoms with Gasteiger partial charge in [0.05, 0.1) is 12.1 Å². The number of likely N-dealkylation sites (tertiary alicyclic amines) is 1. The van der Waals surface area contributed by atoms with Gasteiger partial charge in [-0.3, -0.25) is 4.90 Å². The molecule has 1 aliphatic heterocycles. The maximum atomic E-state index is 9.07. The average Bonchev–Trinajstić information content (AvgIpc) is 2.50. The van der Waals surface area contributed by atoms with Gasteiger partial charge in [0.2, 0.25) is 0 Å². The minimum absolute atomic E-state index is 0.0338. The zero-order chi connectivity index (χ0) is 9.84. The highest BCUT2D eigenvalue weighted by molar-refractivity contribution is 4.97. The number of aliphatic hydroxyl groups excluding tert-OH is 1. The van der Waals surface area contributed by atoms with E-state index in [1.165, 1.54) is 0 Å². The Morgan fingerprint density at radius 2 is 2.38 bits per heavy atom. The van der Waals surface area contributed by atoms with Gasteiger partial charge in [0.25, 0.3) is 0 Å². The summed E-state index contributed by atoms with van der Waals surface area (Å²) in [5.74, 6) is 0.363. The molecule has 0 aromatic rings. The minimum atomic E-state index is 0.0338. The predicted molar refractivity (Wildman–Crippen MR) is 51.1 cm³/mol. The van der Waals surface area contributed by atoms with Crippen LogP contribution in [0.3, 0.4) is 0 Å². The van der Waals surface area contributed by atoms with E-state index < -0.39 is 0 Å². The van der Waals surface area contributed by atoms with Crippen LogP contribution in [0, 0.1) is 17.2 Å². The maximum Gasteiger partial charge on any atom is 0.0977 e. The van der Waals surface area contributed by atoms with Crippen LogP contribution in [-0.4, -0.2) is 35.2 Å². The fourth-order valence-corrected chi connectivity index (χ4v) is 2.11. The smallest absolute Gasteiger partial charge is 0.0977 e. The lowest BCUT2D eigenvalue weighted by molar-refractivity contribution is 0.159. The van der Waals surface area contributed by atoms with Crippen molar-refractivity contribution in [2.75, 3.05) is 13.2 Å². The van der Waals surface area contributed by atoms with Crippen molar-refractivity contribution in [3.63, 3.8) is 0 Å². The van der Waals surface area contributed by atoms with Crippen LogP contribution in [0.4, 0.5) is 0 Å². The van der Waals surface area contributed by atoms with Gasteiger partial charge in [-0.2, -0.15) is 5.26 Å². The van der Waals surface area contributed by atoms with Gasteiger partial charge in [-0.25, -0.2) is 0 Å². The topological polar surface area (TPSA) is 47.3 Å². The second-order valence-electron chi connectivity index (χ2n) is 3.76. The minimum Gasteiger partial charge on any atom is -0.396 e. The van der Waals surface area contributed by atoms with E-state index >= 15 is 0 Å². The molecule has 0 aromatic carbocycles. The first-order valence-corrected chi connectivity index (χ1v) is 5.00. The Labute approximate surface area is 80.0 Å². The highest BCUT2D eigenvalue weighted by Gasteiger charge is 2.33. The van der Waals surface area contributed by atoms with Crippen LogP contribution in [0.25, 0.3) is 0 Å². The van der Waals surface area contributed by atoms with Gasteiger partial charge in [0.15, 0.2) is 0 Å². The first kappa shape index (κ1) is 10.5. The van der Waals surface area contributed by atoms with E-state index in [0.29, 0.717) is 12.0 Å². The Balaban J connectivity index is 2.58. The Morgan fingerprint density at radius 3 is 2.77 bits per heavy atom. The zero-order valence-electron chi connectivity index (χ0n) is 8.40. The van der Waals surface area contributed by atoms with Gasteiger partial charge in [-0.1, -0.05) is 6.92 Å². The molecule has 0 saturated carbocycles. The molecule has 74 valence electrons. The largest absolute Gasteiger partial charge is 0.396 e. The molecular formula is C10H18N2O. The summed E-state index contributed by atoms with van der Waals surface area (Å²) in [6, 6.07) is 2.70. The Hall–Kier alpha value is -0.590. The molecule has 3 heteroatoms. The van der Waals surface area contributed by atoms with Crippen molar-refractivity contribution in [1.29, 1.82) is 5.26 Å². The zero-order valence-corrected chi connectivity index (χ0v) is 8.40. The predicted octanol–water partition coefficient (Wildman–Crippen LogP) is 0.991. The average molecular weight is 182 g/mol. The van der Waals surface area contributed by atoms with E-state index in [9.17, 15) is 0 Å². The number of rotatable bonds is 3. The molecule has 13 heavy (non-hydrogen) atoms. The van der Waals surface area contributed by atoms with Crippen molar-refractivity contribution in [2.24, 2.45) is 5.92 Å². The van der Waals surface area contributed by atoms with Crippen molar-refractivity contribution < 1.29 is 5.11 Å². The lowest BCUT2D eigenvalue weighted by Crippen LogP contribution is -2.38. The lowest BCUT2D eigenvalue weighted by Gasteiger charge is -2.27. The standard InChI is InChI=1S/C10H18N2O/c1-3-10(6-11)12-5-4-9(7-13)8(12)2/h8-10,13H,3-5,7H2,1-2H3. The van der Waals surface area contributed by atoms with Crippen LogP contribution in [0.5, 0.6) is 0 Å². The van der Waals surface area contributed by atoms with E-state index in [1.54, 1.807) is 0 Å². The van der Waals surface area contributed by atoms with Crippen molar-refractivity contribution in [1.82, 2.24) is 4.90 Å². The van der Waals surface area contributed by atoms with Crippen LogP contribution >= 0.6 is 0 Å². The summed E-state index contributed by atoms with van der Waals surface area (Å²) in [6.45, 7) is 5.35. The molecule has 0 radical (unpaired) electrons. The molecule has 0 spiro atoms. The number of hydrogen-bond donors (Lipinski definition) is 1. The fraction of sp³-hybridized carbons (Fsp3) is 0.900. The van der Waals surface area contributed by atoms with Gasteiger partial charge in [0.1, 0.15) is 0 Å². The third-order valence-corrected chi connectivity index (χ3v) is 3.13. The van der Waals surface area contributed by atoms with Crippen molar-refractivity contribution in [3.05, 3.63) is 0 Å². The molecule has 3 atom stereocenters. The van der Waals surface area contributed by atoms with Crippen molar-refractivity contribution >= 4 is 0 Å². The molecule has 0 bridgehead atoms. The van der Waals surface area contributed by atoms with Gasteiger partial charge in [0, 0.05) is 19.2 Å². The third-order valence-electron chi connectivity index (χ3n) is 3.13. The van der Waals surface area contributed by atoms with Gasteiger partial charge < -0.3 is 5.11 Å².